The largest absolute Gasteiger partial charge is 0.378 e. The second-order valence-electron chi connectivity index (χ2n) is 5.01. The van der Waals surface area contributed by atoms with E-state index in [0.29, 0.717) is 24.9 Å². The third-order valence-corrected chi connectivity index (χ3v) is 3.05. The van der Waals surface area contributed by atoms with Gasteiger partial charge in [0, 0.05) is 38.5 Å². The zero-order valence-electron chi connectivity index (χ0n) is 11.9. The van der Waals surface area contributed by atoms with Gasteiger partial charge in [-0.3, -0.25) is 4.79 Å². The van der Waals surface area contributed by atoms with E-state index in [1.165, 1.54) is 0 Å². The minimum atomic E-state index is 0.239. The van der Waals surface area contributed by atoms with Crippen molar-refractivity contribution in [3.63, 3.8) is 0 Å². The normalized spacial score (nSPS) is 16.6. The number of hydrogen-bond acceptors (Lipinski definition) is 2. The molecule has 18 heavy (non-hydrogen) atoms. The van der Waals surface area contributed by atoms with Crippen LogP contribution in [0.25, 0.3) is 0 Å². The van der Waals surface area contributed by atoms with Gasteiger partial charge in [0.25, 0.3) is 0 Å². The Bertz CT molecular complexity index is 306. The van der Waals surface area contributed by atoms with Crippen molar-refractivity contribution in [3.05, 3.63) is 0 Å². The summed E-state index contributed by atoms with van der Waals surface area (Å²) in [4.78, 5) is 13.9. The van der Waals surface area contributed by atoms with Crippen LogP contribution >= 0.6 is 0 Å². The zero-order valence-corrected chi connectivity index (χ0v) is 11.9. The second-order valence-corrected chi connectivity index (χ2v) is 5.01. The molecule has 0 N–H and O–H groups in total. The van der Waals surface area contributed by atoms with Crippen LogP contribution in [0.4, 0.5) is 0 Å². The predicted octanol–water partition coefficient (Wildman–Crippen LogP) is 2.45. The fraction of sp³-hybridized carbons (Fsp3) is 0.800. The van der Waals surface area contributed by atoms with Gasteiger partial charge < -0.3 is 9.64 Å². The Morgan fingerprint density at radius 1 is 1.39 bits per heavy atom. The third-order valence-electron chi connectivity index (χ3n) is 3.05. The van der Waals surface area contributed by atoms with E-state index in [9.17, 15) is 4.79 Å². The Morgan fingerprint density at radius 2 is 2.06 bits per heavy atom. The molecule has 0 bridgehead atoms. The van der Waals surface area contributed by atoms with Gasteiger partial charge in [-0.05, 0) is 19.8 Å². The van der Waals surface area contributed by atoms with Crippen molar-refractivity contribution in [3.8, 4) is 11.8 Å². The number of likely N-dealkylation sites (tertiary alicyclic amines) is 1. The molecule has 3 nitrogen and oxygen atoms in total. The fourth-order valence-corrected chi connectivity index (χ4v) is 2.11. The molecule has 0 unspecified atom stereocenters. The maximum Gasteiger partial charge on any atom is 0.223 e. The van der Waals surface area contributed by atoms with Gasteiger partial charge in [0.1, 0.15) is 0 Å². The van der Waals surface area contributed by atoms with Gasteiger partial charge in [0.05, 0.1) is 6.10 Å². The average molecular weight is 251 g/mol. The first-order valence-electron chi connectivity index (χ1n) is 7.01. The molecule has 1 rings (SSSR count). The van der Waals surface area contributed by atoms with Crippen LogP contribution in [-0.4, -0.2) is 36.6 Å². The molecular weight excluding hydrogens is 226 g/mol. The van der Waals surface area contributed by atoms with Crippen LogP contribution in [0.5, 0.6) is 0 Å². The summed E-state index contributed by atoms with van der Waals surface area (Å²) in [6.45, 7) is 8.58. The Labute approximate surface area is 111 Å². The molecule has 0 spiro atoms. The van der Waals surface area contributed by atoms with E-state index < -0.39 is 0 Å². The number of carbonyl (C=O) groups is 1. The molecule has 0 atom stereocenters. The highest BCUT2D eigenvalue weighted by atomic mass is 16.5. The van der Waals surface area contributed by atoms with Gasteiger partial charge in [-0.15, -0.1) is 11.8 Å². The van der Waals surface area contributed by atoms with E-state index in [2.05, 4.69) is 25.7 Å². The zero-order chi connectivity index (χ0) is 13.4. The number of carbonyl (C=O) groups excluding carboxylic acids is 1. The van der Waals surface area contributed by atoms with E-state index in [0.717, 1.165) is 32.5 Å². The van der Waals surface area contributed by atoms with E-state index >= 15 is 0 Å². The minimum absolute atomic E-state index is 0.239. The summed E-state index contributed by atoms with van der Waals surface area (Å²) in [5.41, 5.74) is 0. The maximum atomic E-state index is 11.9. The number of rotatable bonds is 4. The fourth-order valence-electron chi connectivity index (χ4n) is 2.11. The molecule has 0 radical (unpaired) electrons. The van der Waals surface area contributed by atoms with Crippen molar-refractivity contribution >= 4 is 5.91 Å². The van der Waals surface area contributed by atoms with E-state index in [4.69, 9.17) is 4.74 Å². The van der Waals surface area contributed by atoms with Crippen LogP contribution in [0.2, 0.25) is 0 Å². The van der Waals surface area contributed by atoms with Gasteiger partial charge in [-0.2, -0.15) is 0 Å². The lowest BCUT2D eigenvalue weighted by atomic mass is 10.1. The van der Waals surface area contributed by atoms with Gasteiger partial charge in [-0.1, -0.05) is 13.8 Å². The quantitative estimate of drug-likeness (QED) is 0.718. The van der Waals surface area contributed by atoms with Crippen LogP contribution in [-0.2, 0) is 9.53 Å². The molecule has 3 heteroatoms. The lowest BCUT2D eigenvalue weighted by Gasteiger charge is -2.31. The lowest BCUT2D eigenvalue weighted by molar-refractivity contribution is -0.133. The Kier molecular flexibility index (Phi) is 6.82. The highest BCUT2D eigenvalue weighted by Gasteiger charge is 2.22. The molecule has 0 aromatic rings. The van der Waals surface area contributed by atoms with E-state index in [-0.39, 0.29) is 5.91 Å². The molecule has 1 aliphatic heterocycles. The molecular formula is C15H25NO2. The summed E-state index contributed by atoms with van der Waals surface area (Å²) in [7, 11) is 0. The first-order chi connectivity index (χ1) is 8.63. The van der Waals surface area contributed by atoms with Crippen LogP contribution in [0.15, 0.2) is 0 Å². The Morgan fingerprint density at radius 3 is 2.61 bits per heavy atom. The maximum absolute atomic E-state index is 11.9. The molecule has 1 fully saturated rings. The smallest absolute Gasteiger partial charge is 0.223 e. The van der Waals surface area contributed by atoms with Crippen molar-refractivity contribution in [1.29, 1.82) is 0 Å². The topological polar surface area (TPSA) is 29.5 Å². The third kappa shape index (κ3) is 5.55. The van der Waals surface area contributed by atoms with Crippen molar-refractivity contribution in [1.82, 2.24) is 4.90 Å². The first kappa shape index (κ1) is 15.0. The number of nitrogens with zero attached hydrogens (tertiary/aromatic N) is 1. The molecule has 1 aliphatic rings. The molecule has 0 aromatic carbocycles. The molecule has 0 aliphatic carbocycles. The number of hydrogen-bond donors (Lipinski definition) is 0. The van der Waals surface area contributed by atoms with Gasteiger partial charge >= 0.3 is 0 Å². The van der Waals surface area contributed by atoms with Gasteiger partial charge in [0.2, 0.25) is 5.91 Å². The monoisotopic (exact) mass is 251 g/mol. The average Bonchev–Trinajstić information content (AvgIpc) is 2.35. The summed E-state index contributed by atoms with van der Waals surface area (Å²) in [6, 6.07) is 0. The highest BCUT2D eigenvalue weighted by molar-refractivity contribution is 5.76. The van der Waals surface area contributed by atoms with Crippen LogP contribution in [0.1, 0.15) is 46.5 Å². The lowest BCUT2D eigenvalue weighted by Crippen LogP contribution is -2.40. The summed E-state index contributed by atoms with van der Waals surface area (Å²) < 4.78 is 5.58. The molecule has 102 valence electrons. The summed E-state index contributed by atoms with van der Waals surface area (Å²) in [6.07, 6.45) is 3.52. The van der Waals surface area contributed by atoms with Gasteiger partial charge in [0.15, 0.2) is 0 Å². The number of amides is 1. The van der Waals surface area contributed by atoms with Crippen molar-refractivity contribution in [2.75, 3.05) is 19.7 Å². The molecule has 1 heterocycles. The van der Waals surface area contributed by atoms with Crippen LogP contribution in [0, 0.1) is 17.8 Å². The molecule has 0 aromatic heterocycles. The number of ether oxygens (including phenoxy) is 1. The Hall–Kier alpha value is -1.01. The van der Waals surface area contributed by atoms with Crippen molar-refractivity contribution < 1.29 is 9.53 Å². The molecule has 1 saturated heterocycles. The predicted molar refractivity (Wildman–Crippen MR) is 73.1 cm³/mol. The molecule has 0 saturated carbocycles. The summed E-state index contributed by atoms with van der Waals surface area (Å²) in [5.74, 6) is 6.78. The summed E-state index contributed by atoms with van der Waals surface area (Å²) >= 11 is 0. The first-order valence-corrected chi connectivity index (χ1v) is 7.01. The van der Waals surface area contributed by atoms with Crippen LogP contribution < -0.4 is 0 Å². The highest BCUT2D eigenvalue weighted by Crippen LogP contribution is 2.14. The van der Waals surface area contributed by atoms with E-state index in [1.54, 1.807) is 0 Å². The Balaban J connectivity index is 2.22. The minimum Gasteiger partial charge on any atom is -0.378 e. The van der Waals surface area contributed by atoms with Crippen molar-refractivity contribution in [2.45, 2.75) is 52.6 Å². The van der Waals surface area contributed by atoms with Gasteiger partial charge in [-0.25, -0.2) is 0 Å². The number of piperidine rings is 1. The second kappa shape index (κ2) is 8.16. The van der Waals surface area contributed by atoms with Crippen molar-refractivity contribution in [2.24, 2.45) is 5.92 Å². The van der Waals surface area contributed by atoms with Crippen LogP contribution in [0.3, 0.4) is 0 Å². The standard InChI is InChI=1S/C15H25NO2/c1-4-18-14-9-11-16(12-10-14)15(17)8-6-5-7-13(2)3/h13-14H,4,6,8-12H2,1-3H3. The SMILES string of the molecule is CCOC1CCN(C(=O)CCC#CC(C)C)CC1. The summed E-state index contributed by atoms with van der Waals surface area (Å²) in [5, 5.41) is 0. The van der Waals surface area contributed by atoms with E-state index in [1.807, 2.05) is 11.8 Å². The molecule has 1 amide bonds.